The van der Waals surface area contributed by atoms with Gasteiger partial charge in [0, 0.05) is 30.1 Å². The minimum Gasteiger partial charge on any atom is -0.340 e. The summed E-state index contributed by atoms with van der Waals surface area (Å²) < 4.78 is 25.3. The van der Waals surface area contributed by atoms with Crippen molar-refractivity contribution in [3.8, 4) is 0 Å². The van der Waals surface area contributed by atoms with E-state index < -0.39 is 16.0 Å². The van der Waals surface area contributed by atoms with Gasteiger partial charge < -0.3 is 4.90 Å². The minimum atomic E-state index is -1.34. The molecule has 2 atom stereocenters. The molecule has 3 nitrogen and oxygen atoms in total. The standard InChI is InChI=1S/C18H20FNO2S/c1-14(23(22)13-16-8-10-17(19)11-9-16)18(21)20(2)12-15-6-4-3-5-7-15/h3-11,14H,12-13H2,1-2H3/t14-,23+/m0/s1. The molecule has 2 aromatic carbocycles. The summed E-state index contributed by atoms with van der Waals surface area (Å²) >= 11 is 0. The molecule has 0 aliphatic carbocycles. The van der Waals surface area contributed by atoms with Gasteiger partial charge in [-0.2, -0.15) is 0 Å². The molecule has 0 aliphatic rings. The Morgan fingerprint density at radius 2 is 1.70 bits per heavy atom. The average molecular weight is 333 g/mol. The van der Waals surface area contributed by atoms with Crippen LogP contribution in [0.5, 0.6) is 0 Å². The highest BCUT2D eigenvalue weighted by atomic mass is 32.2. The molecular weight excluding hydrogens is 313 g/mol. The van der Waals surface area contributed by atoms with E-state index in [4.69, 9.17) is 0 Å². The van der Waals surface area contributed by atoms with Gasteiger partial charge in [0.15, 0.2) is 0 Å². The van der Waals surface area contributed by atoms with Gasteiger partial charge in [-0.05, 0) is 30.2 Å². The Bertz CT molecular complexity index is 673. The highest BCUT2D eigenvalue weighted by molar-refractivity contribution is 7.85. The number of hydrogen-bond acceptors (Lipinski definition) is 2. The van der Waals surface area contributed by atoms with E-state index >= 15 is 0 Å². The molecule has 0 fully saturated rings. The van der Waals surface area contributed by atoms with Crippen LogP contribution in [0.3, 0.4) is 0 Å². The fraction of sp³-hybridized carbons (Fsp3) is 0.278. The SMILES string of the molecule is C[C@@H](C(=O)N(C)Cc1ccccc1)[S@](=O)Cc1ccc(F)cc1. The molecule has 2 rings (SSSR count). The molecule has 0 aliphatic heterocycles. The highest BCUT2D eigenvalue weighted by Crippen LogP contribution is 2.12. The third-order valence-electron chi connectivity index (χ3n) is 3.60. The first-order valence-electron chi connectivity index (χ1n) is 7.38. The van der Waals surface area contributed by atoms with Crippen molar-refractivity contribution in [1.29, 1.82) is 0 Å². The molecule has 0 radical (unpaired) electrons. The molecule has 1 amide bonds. The van der Waals surface area contributed by atoms with Crippen LogP contribution in [-0.4, -0.2) is 27.3 Å². The van der Waals surface area contributed by atoms with Crippen molar-refractivity contribution < 1.29 is 13.4 Å². The van der Waals surface area contributed by atoms with Crippen molar-refractivity contribution in [1.82, 2.24) is 4.90 Å². The molecule has 0 bridgehead atoms. The average Bonchev–Trinajstić information content (AvgIpc) is 2.56. The summed E-state index contributed by atoms with van der Waals surface area (Å²) in [6.45, 7) is 2.15. The van der Waals surface area contributed by atoms with Gasteiger partial charge in [0.2, 0.25) is 5.91 Å². The van der Waals surface area contributed by atoms with Gasteiger partial charge in [0.1, 0.15) is 11.1 Å². The van der Waals surface area contributed by atoms with Crippen LogP contribution in [-0.2, 0) is 27.9 Å². The molecule has 0 saturated heterocycles. The van der Waals surface area contributed by atoms with Crippen molar-refractivity contribution in [3.05, 3.63) is 71.5 Å². The van der Waals surface area contributed by atoms with E-state index in [9.17, 15) is 13.4 Å². The normalized spacial score (nSPS) is 13.3. The number of benzene rings is 2. The third kappa shape index (κ3) is 4.99. The first-order chi connectivity index (χ1) is 11.0. The Hall–Kier alpha value is -2.01. The van der Waals surface area contributed by atoms with Crippen molar-refractivity contribution in [2.24, 2.45) is 0 Å². The van der Waals surface area contributed by atoms with Crippen molar-refractivity contribution in [3.63, 3.8) is 0 Å². The molecule has 0 aromatic heterocycles. The quantitative estimate of drug-likeness (QED) is 0.814. The summed E-state index contributed by atoms with van der Waals surface area (Å²) in [6.07, 6.45) is 0. The van der Waals surface area contributed by atoms with E-state index in [0.717, 1.165) is 11.1 Å². The Morgan fingerprint density at radius 3 is 2.30 bits per heavy atom. The van der Waals surface area contributed by atoms with Crippen molar-refractivity contribution >= 4 is 16.7 Å². The van der Waals surface area contributed by atoms with Crippen LogP contribution in [0.2, 0.25) is 0 Å². The lowest BCUT2D eigenvalue weighted by Gasteiger charge is -2.21. The predicted octanol–water partition coefficient (Wildman–Crippen LogP) is 3.12. The third-order valence-corrected chi connectivity index (χ3v) is 5.21. The maximum atomic E-state index is 12.9. The number of amides is 1. The summed E-state index contributed by atoms with van der Waals surface area (Å²) in [5.41, 5.74) is 1.79. The van der Waals surface area contributed by atoms with Crippen LogP contribution in [0.25, 0.3) is 0 Å². The summed E-state index contributed by atoms with van der Waals surface area (Å²) in [4.78, 5) is 14.0. The van der Waals surface area contributed by atoms with E-state index in [1.807, 2.05) is 30.3 Å². The predicted molar refractivity (Wildman–Crippen MR) is 90.6 cm³/mol. The fourth-order valence-corrected chi connectivity index (χ4v) is 3.40. The van der Waals surface area contributed by atoms with Crippen LogP contribution in [0.1, 0.15) is 18.1 Å². The number of halogens is 1. The highest BCUT2D eigenvalue weighted by Gasteiger charge is 2.23. The first-order valence-corrected chi connectivity index (χ1v) is 8.76. The molecule has 122 valence electrons. The lowest BCUT2D eigenvalue weighted by atomic mass is 10.2. The maximum Gasteiger partial charge on any atom is 0.238 e. The first kappa shape index (κ1) is 17.3. The van der Waals surface area contributed by atoms with Crippen LogP contribution in [0.15, 0.2) is 54.6 Å². The van der Waals surface area contributed by atoms with E-state index in [0.29, 0.717) is 6.54 Å². The summed E-state index contributed by atoms with van der Waals surface area (Å²) in [5, 5.41) is -0.603. The zero-order valence-corrected chi connectivity index (χ0v) is 14.1. The van der Waals surface area contributed by atoms with Gasteiger partial charge in [0.05, 0.1) is 0 Å². The second-order valence-electron chi connectivity index (χ2n) is 5.47. The molecular formula is C18H20FNO2S. The smallest absolute Gasteiger partial charge is 0.238 e. The molecule has 0 spiro atoms. The van der Waals surface area contributed by atoms with E-state index in [1.165, 1.54) is 12.1 Å². The number of carbonyl (C=O) groups excluding carboxylic acids is 1. The topological polar surface area (TPSA) is 37.4 Å². The monoisotopic (exact) mass is 333 g/mol. The summed E-state index contributed by atoms with van der Waals surface area (Å²) in [6, 6.07) is 15.5. The number of hydrogen-bond donors (Lipinski definition) is 0. The van der Waals surface area contributed by atoms with Gasteiger partial charge in [-0.3, -0.25) is 9.00 Å². The Kier molecular flexibility index (Phi) is 6.04. The van der Waals surface area contributed by atoms with Gasteiger partial charge >= 0.3 is 0 Å². The van der Waals surface area contributed by atoms with Gasteiger partial charge in [-0.1, -0.05) is 42.5 Å². The fourth-order valence-electron chi connectivity index (χ4n) is 2.23. The molecule has 0 heterocycles. The molecule has 0 unspecified atom stereocenters. The van der Waals surface area contributed by atoms with Crippen LogP contribution < -0.4 is 0 Å². The number of rotatable bonds is 6. The lowest BCUT2D eigenvalue weighted by Crippen LogP contribution is -2.37. The van der Waals surface area contributed by atoms with Crippen LogP contribution in [0, 0.1) is 5.82 Å². The van der Waals surface area contributed by atoms with Gasteiger partial charge in [-0.25, -0.2) is 4.39 Å². The van der Waals surface area contributed by atoms with Crippen LogP contribution >= 0.6 is 0 Å². The zero-order valence-electron chi connectivity index (χ0n) is 13.2. The van der Waals surface area contributed by atoms with Gasteiger partial charge in [-0.15, -0.1) is 0 Å². The minimum absolute atomic E-state index is 0.158. The molecule has 0 N–H and O–H groups in total. The van der Waals surface area contributed by atoms with E-state index in [1.54, 1.807) is 31.0 Å². The lowest BCUT2D eigenvalue weighted by molar-refractivity contribution is -0.129. The molecule has 5 heteroatoms. The second-order valence-corrected chi connectivity index (χ2v) is 7.23. The Balaban J connectivity index is 1.95. The largest absolute Gasteiger partial charge is 0.340 e. The molecule has 2 aromatic rings. The number of carbonyl (C=O) groups is 1. The summed E-state index contributed by atoms with van der Waals surface area (Å²) in [7, 11) is 0.365. The van der Waals surface area contributed by atoms with Crippen molar-refractivity contribution in [2.45, 2.75) is 24.5 Å². The zero-order chi connectivity index (χ0) is 16.8. The van der Waals surface area contributed by atoms with Crippen molar-refractivity contribution in [2.75, 3.05) is 7.05 Å². The molecule has 23 heavy (non-hydrogen) atoms. The second kappa shape index (κ2) is 8.02. The summed E-state index contributed by atoms with van der Waals surface area (Å²) in [5.74, 6) is -0.243. The Morgan fingerprint density at radius 1 is 1.09 bits per heavy atom. The van der Waals surface area contributed by atoms with E-state index in [-0.39, 0.29) is 17.5 Å². The molecule has 0 saturated carbocycles. The van der Waals surface area contributed by atoms with Crippen LogP contribution in [0.4, 0.5) is 4.39 Å². The maximum absolute atomic E-state index is 12.9. The van der Waals surface area contributed by atoms with E-state index in [2.05, 4.69) is 0 Å². The van der Waals surface area contributed by atoms with Gasteiger partial charge in [0.25, 0.3) is 0 Å². The number of nitrogens with zero attached hydrogens (tertiary/aromatic N) is 1. The Labute approximate surface area is 138 Å².